The van der Waals surface area contributed by atoms with Gasteiger partial charge in [0.1, 0.15) is 11.6 Å². The molecule has 6 nitrogen and oxygen atoms in total. The Morgan fingerprint density at radius 2 is 1.62 bits per heavy atom. The molecule has 0 aromatic heterocycles. The van der Waals surface area contributed by atoms with Crippen LogP contribution >= 0.6 is 0 Å². The lowest BCUT2D eigenvalue weighted by Crippen LogP contribution is -2.61. The molecule has 0 heterocycles. The van der Waals surface area contributed by atoms with E-state index in [-0.39, 0.29) is 11.8 Å². The summed E-state index contributed by atoms with van der Waals surface area (Å²) in [5.41, 5.74) is -2.16. The number of hydrogen-bond acceptors (Lipinski definition) is 4. The number of amides is 1. The molecule has 0 spiro atoms. The predicted octanol–water partition coefficient (Wildman–Crippen LogP) is 2.93. The summed E-state index contributed by atoms with van der Waals surface area (Å²) in [6.45, 7) is 9.31. The van der Waals surface area contributed by atoms with Crippen molar-refractivity contribution in [3.63, 3.8) is 0 Å². The van der Waals surface area contributed by atoms with Gasteiger partial charge >= 0.3 is 12.1 Å². The fourth-order valence-corrected chi connectivity index (χ4v) is 5.18. The minimum absolute atomic E-state index is 0.221. The van der Waals surface area contributed by atoms with Gasteiger partial charge in [0.2, 0.25) is 0 Å². The second-order valence-electron chi connectivity index (χ2n) is 9.21. The maximum absolute atomic E-state index is 12.2. The fraction of sp³-hybridized carbons (Fsp3) is 0.889. The average molecular weight is 341 g/mol. The van der Waals surface area contributed by atoms with Crippen molar-refractivity contribution in [2.75, 3.05) is 0 Å². The van der Waals surface area contributed by atoms with Gasteiger partial charge in [-0.3, -0.25) is 0 Å². The summed E-state index contributed by atoms with van der Waals surface area (Å²) < 4.78 is 5.25. The Bertz CT molecular complexity index is 496. The molecule has 2 fully saturated rings. The lowest BCUT2D eigenvalue weighted by atomic mass is 9.52. The van der Waals surface area contributed by atoms with Gasteiger partial charge < -0.3 is 20.3 Å². The van der Waals surface area contributed by atoms with Crippen LogP contribution in [0.2, 0.25) is 0 Å². The molecule has 2 unspecified atom stereocenters. The molecule has 0 aromatic rings. The van der Waals surface area contributed by atoms with Crippen LogP contribution < -0.4 is 5.32 Å². The largest absolute Gasteiger partial charge is 0.480 e. The first-order valence-corrected chi connectivity index (χ1v) is 8.79. The maximum Gasteiger partial charge on any atom is 0.408 e. The highest BCUT2D eigenvalue weighted by molar-refractivity contribution is 5.81. The van der Waals surface area contributed by atoms with E-state index < -0.39 is 34.7 Å². The highest BCUT2D eigenvalue weighted by Gasteiger charge is 2.57. The Labute approximate surface area is 144 Å². The number of carboxylic acids is 1. The number of ether oxygens (including phenoxy) is 1. The van der Waals surface area contributed by atoms with Crippen molar-refractivity contribution in [2.24, 2.45) is 17.3 Å². The third-order valence-electron chi connectivity index (χ3n) is 5.17. The van der Waals surface area contributed by atoms with E-state index in [4.69, 9.17) is 4.74 Å². The second kappa shape index (κ2) is 6.21. The van der Waals surface area contributed by atoms with Gasteiger partial charge in [0.15, 0.2) is 0 Å². The molecule has 2 bridgehead atoms. The van der Waals surface area contributed by atoms with Crippen LogP contribution in [0.5, 0.6) is 0 Å². The molecule has 0 radical (unpaired) electrons. The first-order chi connectivity index (χ1) is 10.8. The first kappa shape index (κ1) is 19.0. The predicted molar refractivity (Wildman–Crippen MR) is 89.6 cm³/mol. The number of aliphatic hydroxyl groups is 1. The third-order valence-corrected chi connectivity index (χ3v) is 5.17. The van der Waals surface area contributed by atoms with Crippen molar-refractivity contribution >= 4 is 12.1 Å². The van der Waals surface area contributed by atoms with Gasteiger partial charge in [0, 0.05) is 5.41 Å². The first-order valence-electron chi connectivity index (χ1n) is 8.79. The molecule has 2 rings (SSSR count). The highest BCUT2D eigenvalue weighted by Crippen LogP contribution is 2.56. The van der Waals surface area contributed by atoms with Gasteiger partial charge in [0.05, 0.1) is 5.60 Å². The molecule has 1 amide bonds. The van der Waals surface area contributed by atoms with Gasteiger partial charge in [-0.2, -0.15) is 0 Å². The van der Waals surface area contributed by atoms with Crippen molar-refractivity contribution in [3.8, 4) is 0 Å². The fourth-order valence-electron chi connectivity index (χ4n) is 5.18. The van der Waals surface area contributed by atoms with Gasteiger partial charge in [-0.05, 0) is 64.7 Å². The molecule has 0 aromatic carbocycles. The Balaban J connectivity index is 2.27. The number of carbonyl (C=O) groups excluding carboxylic acids is 1. The van der Waals surface area contributed by atoms with E-state index in [2.05, 4.69) is 5.32 Å². The van der Waals surface area contributed by atoms with E-state index in [1.165, 1.54) is 0 Å². The van der Waals surface area contributed by atoms with Crippen LogP contribution in [0, 0.1) is 17.3 Å². The van der Waals surface area contributed by atoms with Crippen LogP contribution in [0.15, 0.2) is 0 Å². The molecule has 2 saturated carbocycles. The van der Waals surface area contributed by atoms with Gasteiger partial charge in [-0.25, -0.2) is 9.59 Å². The van der Waals surface area contributed by atoms with Crippen LogP contribution in [0.3, 0.4) is 0 Å². The normalized spacial score (nSPS) is 37.4. The minimum atomic E-state index is -1.06. The zero-order valence-electron chi connectivity index (χ0n) is 15.4. The summed E-state index contributed by atoms with van der Waals surface area (Å²) in [6.07, 6.45) is 2.46. The molecule has 2 aliphatic rings. The van der Waals surface area contributed by atoms with Crippen LogP contribution in [0.1, 0.15) is 66.7 Å². The SMILES string of the molecule is CC1CC2(O)CC(C)CC([C@H](NC(=O)OC(C)(C)C)C(=O)O)(C1)C2. The number of nitrogens with one attached hydrogen (secondary N) is 1. The van der Waals surface area contributed by atoms with E-state index in [9.17, 15) is 19.8 Å². The van der Waals surface area contributed by atoms with Crippen LogP contribution in [0.25, 0.3) is 0 Å². The molecule has 3 N–H and O–H groups in total. The van der Waals surface area contributed by atoms with E-state index in [0.29, 0.717) is 32.1 Å². The summed E-state index contributed by atoms with van der Waals surface area (Å²) in [5.74, 6) is -0.622. The molecule has 24 heavy (non-hydrogen) atoms. The molecule has 0 aliphatic heterocycles. The Kier molecular flexibility index (Phi) is 4.92. The van der Waals surface area contributed by atoms with E-state index in [0.717, 1.165) is 0 Å². The smallest absolute Gasteiger partial charge is 0.408 e. The number of rotatable bonds is 3. The van der Waals surface area contributed by atoms with Crippen molar-refractivity contribution in [1.29, 1.82) is 0 Å². The van der Waals surface area contributed by atoms with E-state index in [1.54, 1.807) is 20.8 Å². The van der Waals surface area contributed by atoms with Crippen molar-refractivity contribution in [1.82, 2.24) is 5.32 Å². The zero-order valence-corrected chi connectivity index (χ0v) is 15.4. The summed E-state index contributed by atoms with van der Waals surface area (Å²) in [6, 6.07) is -1.05. The Hall–Kier alpha value is -1.30. The Morgan fingerprint density at radius 3 is 2.04 bits per heavy atom. The number of hydrogen-bond donors (Lipinski definition) is 3. The third kappa shape index (κ3) is 4.21. The topological polar surface area (TPSA) is 95.9 Å². The molecular weight excluding hydrogens is 310 g/mol. The van der Waals surface area contributed by atoms with E-state index in [1.807, 2.05) is 13.8 Å². The highest BCUT2D eigenvalue weighted by atomic mass is 16.6. The number of aliphatic carboxylic acids is 1. The standard InChI is InChI=1S/C18H31NO5/c1-11-6-17(7-12(2)9-18(23,8-11)10-17)13(14(20)21)19-15(22)24-16(3,4)5/h11-13,23H,6-10H2,1-5H3,(H,19,22)(H,20,21)/t11?,12?,13-,17?,18?/m1/s1. The monoisotopic (exact) mass is 341 g/mol. The van der Waals surface area contributed by atoms with E-state index >= 15 is 0 Å². The summed E-state index contributed by atoms with van der Waals surface area (Å²) >= 11 is 0. The number of carbonyl (C=O) groups is 2. The summed E-state index contributed by atoms with van der Waals surface area (Å²) in [5, 5.41) is 23.3. The number of alkyl carbamates (subject to hydrolysis) is 1. The van der Waals surface area contributed by atoms with Crippen molar-refractivity contribution in [3.05, 3.63) is 0 Å². The van der Waals surface area contributed by atoms with Gasteiger partial charge in [-0.1, -0.05) is 13.8 Å². The van der Waals surface area contributed by atoms with Gasteiger partial charge in [0.25, 0.3) is 0 Å². The molecular formula is C18H31NO5. The second-order valence-corrected chi connectivity index (χ2v) is 9.21. The Morgan fingerprint density at radius 1 is 1.12 bits per heavy atom. The van der Waals surface area contributed by atoms with Crippen LogP contribution in [0.4, 0.5) is 4.79 Å². The summed E-state index contributed by atoms with van der Waals surface area (Å²) in [7, 11) is 0. The molecule has 2 aliphatic carbocycles. The molecule has 6 heteroatoms. The summed E-state index contributed by atoms with van der Waals surface area (Å²) in [4.78, 5) is 24.1. The average Bonchev–Trinajstić information content (AvgIpc) is 2.29. The number of carboxylic acid groups (broad SMARTS) is 1. The van der Waals surface area contributed by atoms with Crippen LogP contribution in [-0.4, -0.2) is 39.5 Å². The lowest BCUT2D eigenvalue weighted by molar-refractivity contribution is -0.159. The van der Waals surface area contributed by atoms with Crippen molar-refractivity contribution < 1.29 is 24.5 Å². The molecule has 3 atom stereocenters. The lowest BCUT2D eigenvalue weighted by Gasteiger charge is -2.56. The quantitative estimate of drug-likeness (QED) is 0.733. The number of fused-ring (bicyclic) bond motifs is 2. The molecule has 138 valence electrons. The van der Waals surface area contributed by atoms with Gasteiger partial charge in [-0.15, -0.1) is 0 Å². The minimum Gasteiger partial charge on any atom is -0.480 e. The maximum atomic E-state index is 12.2. The van der Waals surface area contributed by atoms with Crippen molar-refractivity contribution in [2.45, 2.75) is 84.0 Å². The zero-order chi connectivity index (χ0) is 18.3. The van der Waals surface area contributed by atoms with Crippen LogP contribution in [-0.2, 0) is 9.53 Å². The molecule has 0 saturated heterocycles.